The highest BCUT2D eigenvalue weighted by Crippen LogP contribution is 2.24. The van der Waals surface area contributed by atoms with Gasteiger partial charge < -0.3 is 9.15 Å². The Labute approximate surface area is 75.6 Å². The van der Waals surface area contributed by atoms with Gasteiger partial charge >= 0.3 is 0 Å². The fraction of sp³-hybridized carbons (Fsp3) is 0.100. The van der Waals surface area contributed by atoms with Crippen LogP contribution in [0.15, 0.2) is 29.5 Å². The lowest BCUT2D eigenvalue weighted by atomic mass is 10.2. The van der Waals surface area contributed by atoms with Crippen molar-refractivity contribution in [1.82, 2.24) is 4.98 Å². The Balaban J connectivity index is 2.77. The third kappa shape index (κ3) is 1.18. The lowest BCUT2D eigenvalue weighted by Crippen LogP contribution is -1.84. The molecule has 0 spiro atoms. The molecular formula is C10H9NO2. The van der Waals surface area contributed by atoms with Crippen molar-refractivity contribution in [2.45, 2.75) is 0 Å². The number of hydrogen-bond acceptors (Lipinski definition) is 3. The summed E-state index contributed by atoms with van der Waals surface area (Å²) >= 11 is 0. The van der Waals surface area contributed by atoms with Crippen LogP contribution in [0.4, 0.5) is 0 Å². The van der Waals surface area contributed by atoms with Crippen molar-refractivity contribution in [3.05, 3.63) is 30.7 Å². The molecule has 1 heterocycles. The van der Waals surface area contributed by atoms with Gasteiger partial charge in [-0.25, -0.2) is 4.98 Å². The highest BCUT2D eigenvalue weighted by Gasteiger charge is 2.05. The molecule has 0 aliphatic carbocycles. The second-order valence-electron chi connectivity index (χ2n) is 2.62. The zero-order valence-electron chi connectivity index (χ0n) is 7.28. The van der Waals surface area contributed by atoms with E-state index < -0.39 is 0 Å². The topological polar surface area (TPSA) is 35.3 Å². The van der Waals surface area contributed by atoms with Crippen LogP contribution in [0, 0.1) is 0 Å². The fourth-order valence-electron chi connectivity index (χ4n) is 1.24. The number of nitrogens with zero attached hydrogens (tertiary/aromatic N) is 1. The lowest BCUT2D eigenvalue weighted by Gasteiger charge is -2.00. The van der Waals surface area contributed by atoms with Crippen LogP contribution >= 0.6 is 0 Å². The average Bonchev–Trinajstić information content (AvgIpc) is 2.63. The number of fused-ring (bicyclic) bond motifs is 1. The molecule has 0 saturated heterocycles. The summed E-state index contributed by atoms with van der Waals surface area (Å²) in [6.07, 6.45) is 3.13. The molecule has 0 bridgehead atoms. The highest BCUT2D eigenvalue weighted by atomic mass is 16.5. The molecule has 0 atom stereocenters. The molecular weight excluding hydrogens is 166 g/mol. The van der Waals surface area contributed by atoms with E-state index in [9.17, 15) is 0 Å². The van der Waals surface area contributed by atoms with E-state index in [0.717, 1.165) is 22.4 Å². The van der Waals surface area contributed by atoms with Crippen LogP contribution in [-0.2, 0) is 0 Å². The van der Waals surface area contributed by atoms with Crippen LogP contribution in [0.25, 0.3) is 17.2 Å². The van der Waals surface area contributed by atoms with Crippen LogP contribution < -0.4 is 4.74 Å². The third-order valence-electron chi connectivity index (χ3n) is 1.89. The van der Waals surface area contributed by atoms with Gasteiger partial charge in [-0.05, 0) is 6.07 Å². The molecule has 2 rings (SSSR count). The Hall–Kier alpha value is -1.77. The molecule has 0 aliphatic rings. The van der Waals surface area contributed by atoms with Crippen LogP contribution in [0.2, 0.25) is 0 Å². The van der Waals surface area contributed by atoms with E-state index in [4.69, 9.17) is 9.15 Å². The van der Waals surface area contributed by atoms with Gasteiger partial charge in [0.25, 0.3) is 0 Å². The van der Waals surface area contributed by atoms with Crippen molar-refractivity contribution < 1.29 is 9.15 Å². The summed E-state index contributed by atoms with van der Waals surface area (Å²) < 4.78 is 10.3. The molecule has 0 fully saturated rings. The molecule has 1 aromatic heterocycles. The van der Waals surface area contributed by atoms with Crippen LogP contribution in [0.5, 0.6) is 5.75 Å². The zero-order chi connectivity index (χ0) is 9.26. The molecule has 1 aromatic carbocycles. The van der Waals surface area contributed by atoms with Crippen LogP contribution in [-0.4, -0.2) is 12.1 Å². The molecule has 0 unspecified atom stereocenters. The predicted molar refractivity (Wildman–Crippen MR) is 50.7 cm³/mol. The second-order valence-corrected chi connectivity index (χ2v) is 2.62. The first-order valence-electron chi connectivity index (χ1n) is 3.89. The second kappa shape index (κ2) is 2.94. The number of benzene rings is 1. The van der Waals surface area contributed by atoms with Crippen molar-refractivity contribution in [3.8, 4) is 5.75 Å². The summed E-state index contributed by atoms with van der Waals surface area (Å²) in [5.74, 6) is 0.760. The van der Waals surface area contributed by atoms with E-state index >= 15 is 0 Å². The van der Waals surface area contributed by atoms with Gasteiger partial charge in [0.1, 0.15) is 11.3 Å². The van der Waals surface area contributed by atoms with Crippen LogP contribution in [0.1, 0.15) is 5.56 Å². The predicted octanol–water partition coefficient (Wildman–Crippen LogP) is 2.48. The average molecular weight is 175 g/mol. The number of methoxy groups -OCH3 is 1. The first-order chi connectivity index (χ1) is 6.35. The summed E-state index contributed by atoms with van der Waals surface area (Å²) in [7, 11) is 1.62. The van der Waals surface area contributed by atoms with Gasteiger partial charge in [0.2, 0.25) is 0 Å². The van der Waals surface area contributed by atoms with Crippen molar-refractivity contribution in [3.63, 3.8) is 0 Å². The number of oxazole rings is 1. The maximum absolute atomic E-state index is 5.20. The van der Waals surface area contributed by atoms with Crippen molar-refractivity contribution in [1.29, 1.82) is 0 Å². The third-order valence-corrected chi connectivity index (χ3v) is 1.89. The Bertz CT molecular complexity index is 445. The minimum absolute atomic E-state index is 0.746. The van der Waals surface area contributed by atoms with Gasteiger partial charge in [0.15, 0.2) is 12.0 Å². The van der Waals surface area contributed by atoms with Gasteiger partial charge in [-0.3, -0.25) is 0 Å². The van der Waals surface area contributed by atoms with Crippen molar-refractivity contribution in [2.75, 3.05) is 7.11 Å². The van der Waals surface area contributed by atoms with E-state index in [0.29, 0.717) is 0 Å². The minimum atomic E-state index is 0.746. The van der Waals surface area contributed by atoms with E-state index in [-0.39, 0.29) is 0 Å². The molecule has 0 aliphatic heterocycles. The SMILES string of the molecule is C=Cc1cc(OC)cc2ncoc12. The molecule has 3 nitrogen and oxygen atoms in total. The van der Waals surface area contributed by atoms with Crippen molar-refractivity contribution >= 4 is 17.2 Å². The molecule has 0 radical (unpaired) electrons. The molecule has 3 heteroatoms. The summed E-state index contributed by atoms with van der Waals surface area (Å²) in [6.45, 7) is 3.69. The van der Waals surface area contributed by atoms with Gasteiger partial charge in [0, 0.05) is 11.6 Å². The molecule has 2 aromatic rings. The molecule has 0 saturated carbocycles. The molecule has 0 N–H and O–H groups in total. The Morgan fingerprint density at radius 2 is 2.38 bits per heavy atom. The monoisotopic (exact) mass is 175 g/mol. The molecule has 13 heavy (non-hydrogen) atoms. The fourth-order valence-corrected chi connectivity index (χ4v) is 1.24. The van der Waals surface area contributed by atoms with Gasteiger partial charge in [-0.15, -0.1) is 0 Å². The number of aromatic nitrogens is 1. The van der Waals surface area contributed by atoms with E-state index in [1.54, 1.807) is 13.2 Å². The smallest absolute Gasteiger partial charge is 0.182 e. The first kappa shape index (κ1) is 7.86. The normalized spacial score (nSPS) is 10.2. The van der Waals surface area contributed by atoms with Gasteiger partial charge in [-0.1, -0.05) is 12.7 Å². The number of ether oxygens (including phenoxy) is 1. The lowest BCUT2D eigenvalue weighted by molar-refractivity contribution is 0.415. The zero-order valence-corrected chi connectivity index (χ0v) is 7.28. The summed E-state index contributed by atoms with van der Waals surface area (Å²) in [4.78, 5) is 4.04. The number of hydrogen-bond donors (Lipinski definition) is 0. The summed E-state index contributed by atoms with van der Waals surface area (Å²) in [5, 5.41) is 0. The van der Waals surface area contributed by atoms with Gasteiger partial charge in [0.05, 0.1) is 7.11 Å². The quantitative estimate of drug-likeness (QED) is 0.703. The van der Waals surface area contributed by atoms with E-state index in [1.807, 2.05) is 12.1 Å². The van der Waals surface area contributed by atoms with Gasteiger partial charge in [-0.2, -0.15) is 0 Å². The maximum atomic E-state index is 5.20. The van der Waals surface area contributed by atoms with Crippen LogP contribution in [0.3, 0.4) is 0 Å². The first-order valence-corrected chi connectivity index (χ1v) is 3.89. The standard InChI is InChI=1S/C10H9NO2/c1-3-7-4-8(12-2)5-9-10(7)13-6-11-9/h3-6H,1H2,2H3. The van der Waals surface area contributed by atoms with E-state index in [2.05, 4.69) is 11.6 Å². The minimum Gasteiger partial charge on any atom is -0.497 e. The molecule has 66 valence electrons. The number of rotatable bonds is 2. The Kier molecular flexibility index (Phi) is 1.77. The molecule has 0 amide bonds. The maximum Gasteiger partial charge on any atom is 0.182 e. The Morgan fingerprint density at radius 3 is 3.08 bits per heavy atom. The Morgan fingerprint density at radius 1 is 1.54 bits per heavy atom. The highest BCUT2D eigenvalue weighted by molar-refractivity contribution is 5.83. The van der Waals surface area contributed by atoms with Crippen molar-refractivity contribution in [2.24, 2.45) is 0 Å². The van der Waals surface area contributed by atoms with E-state index in [1.165, 1.54) is 6.39 Å². The summed E-state index contributed by atoms with van der Waals surface area (Å²) in [5.41, 5.74) is 2.43. The summed E-state index contributed by atoms with van der Waals surface area (Å²) in [6, 6.07) is 3.69. The largest absolute Gasteiger partial charge is 0.497 e.